The van der Waals surface area contributed by atoms with Crippen LogP contribution < -0.4 is 0 Å². The van der Waals surface area contributed by atoms with Crippen molar-refractivity contribution in [2.24, 2.45) is 0 Å². The van der Waals surface area contributed by atoms with Crippen LogP contribution >= 0.6 is 0 Å². The minimum Gasteiger partial charge on any atom is -0.505 e. The Bertz CT molecular complexity index is 416. The Kier molecular flexibility index (Phi) is 6.64. The largest absolute Gasteiger partial charge is 0.505 e. The SMILES string of the molecule is CCCCCCCC(=O)C(O)[C@@H](O)[C@@H]1OC(=O)C(O)=C1O. The number of cyclic esters (lactones) is 1. The molecule has 0 aromatic carbocycles. The average Bonchev–Trinajstić information content (AvgIpc) is 2.73. The molecule has 7 heteroatoms. The maximum atomic E-state index is 11.7. The lowest BCUT2D eigenvalue weighted by atomic mass is 9.99. The summed E-state index contributed by atoms with van der Waals surface area (Å²) in [5.74, 6) is -3.68. The topological polar surface area (TPSA) is 124 Å². The first-order chi connectivity index (χ1) is 9.90. The van der Waals surface area contributed by atoms with Crippen LogP contribution in [0.15, 0.2) is 11.5 Å². The van der Waals surface area contributed by atoms with E-state index in [0.29, 0.717) is 6.42 Å². The third kappa shape index (κ3) is 4.44. The summed E-state index contributed by atoms with van der Waals surface area (Å²) in [6.07, 6.45) is -0.487. The number of aliphatic hydroxyl groups excluding tert-OH is 4. The van der Waals surface area contributed by atoms with Gasteiger partial charge in [-0.15, -0.1) is 0 Å². The first-order valence-electron chi connectivity index (χ1n) is 7.12. The van der Waals surface area contributed by atoms with Crippen LogP contribution in [-0.4, -0.2) is 50.5 Å². The van der Waals surface area contributed by atoms with Gasteiger partial charge in [0.25, 0.3) is 0 Å². The summed E-state index contributed by atoms with van der Waals surface area (Å²) in [6, 6.07) is 0. The molecule has 0 aromatic heterocycles. The molecule has 0 aliphatic carbocycles. The smallest absolute Gasteiger partial charge is 0.377 e. The lowest BCUT2D eigenvalue weighted by molar-refractivity contribution is -0.154. The van der Waals surface area contributed by atoms with E-state index in [9.17, 15) is 24.9 Å². The lowest BCUT2D eigenvalue weighted by Crippen LogP contribution is -2.43. The van der Waals surface area contributed by atoms with Gasteiger partial charge in [-0.25, -0.2) is 4.79 Å². The second-order valence-corrected chi connectivity index (χ2v) is 5.13. The number of ketones is 1. The Morgan fingerprint density at radius 1 is 1.19 bits per heavy atom. The predicted octanol–water partition coefficient (Wildman–Crippen LogP) is 0.891. The third-order valence-electron chi connectivity index (χ3n) is 3.43. The molecule has 0 radical (unpaired) electrons. The van der Waals surface area contributed by atoms with E-state index in [4.69, 9.17) is 5.11 Å². The number of carbonyl (C=O) groups excluding carboxylic acids is 2. The molecule has 0 amide bonds. The molecule has 0 aromatic rings. The van der Waals surface area contributed by atoms with Crippen molar-refractivity contribution in [3.8, 4) is 0 Å². The molecular formula is C14H22O7. The van der Waals surface area contributed by atoms with Crippen LogP contribution in [0.25, 0.3) is 0 Å². The molecule has 0 saturated heterocycles. The minimum atomic E-state index is -1.80. The van der Waals surface area contributed by atoms with E-state index < -0.39 is 41.6 Å². The number of carbonyl (C=O) groups is 2. The summed E-state index contributed by atoms with van der Waals surface area (Å²) in [4.78, 5) is 22.7. The summed E-state index contributed by atoms with van der Waals surface area (Å²) in [5.41, 5.74) is 0. The lowest BCUT2D eigenvalue weighted by Gasteiger charge is -2.21. The van der Waals surface area contributed by atoms with Gasteiger partial charge < -0.3 is 25.2 Å². The molecule has 1 aliphatic rings. The quantitative estimate of drug-likeness (QED) is 0.368. The van der Waals surface area contributed by atoms with Gasteiger partial charge >= 0.3 is 5.97 Å². The van der Waals surface area contributed by atoms with Crippen molar-refractivity contribution in [1.82, 2.24) is 0 Å². The molecule has 21 heavy (non-hydrogen) atoms. The van der Waals surface area contributed by atoms with E-state index in [0.717, 1.165) is 25.7 Å². The zero-order chi connectivity index (χ0) is 16.0. The Labute approximate surface area is 122 Å². The van der Waals surface area contributed by atoms with Gasteiger partial charge in [-0.2, -0.15) is 0 Å². The van der Waals surface area contributed by atoms with Gasteiger partial charge in [0.05, 0.1) is 0 Å². The molecule has 0 bridgehead atoms. The Hall–Kier alpha value is -1.60. The highest BCUT2D eigenvalue weighted by atomic mass is 16.6. The molecule has 1 rings (SSSR count). The first kappa shape index (κ1) is 17.5. The number of hydrogen-bond acceptors (Lipinski definition) is 7. The van der Waals surface area contributed by atoms with Crippen molar-refractivity contribution in [2.75, 3.05) is 0 Å². The van der Waals surface area contributed by atoms with Crippen molar-refractivity contribution in [3.63, 3.8) is 0 Å². The standard InChI is InChI=1S/C14H22O7/c1-2-3-4-5-6-7-8(15)9(16)10(17)13-11(18)12(19)14(20)21-13/h9-10,13,16-19H,2-7H2,1H3/t9?,10-,13+/m1/s1. The maximum Gasteiger partial charge on any atom is 0.377 e. The highest BCUT2D eigenvalue weighted by Gasteiger charge is 2.43. The predicted molar refractivity (Wildman–Crippen MR) is 72.6 cm³/mol. The van der Waals surface area contributed by atoms with Crippen molar-refractivity contribution < 1.29 is 34.8 Å². The zero-order valence-electron chi connectivity index (χ0n) is 12.0. The van der Waals surface area contributed by atoms with Crippen molar-refractivity contribution >= 4 is 11.8 Å². The van der Waals surface area contributed by atoms with E-state index >= 15 is 0 Å². The number of ether oxygens (including phenoxy) is 1. The Morgan fingerprint density at radius 2 is 1.81 bits per heavy atom. The van der Waals surface area contributed by atoms with Gasteiger partial charge in [-0.05, 0) is 6.42 Å². The average molecular weight is 302 g/mol. The summed E-state index contributed by atoms with van der Waals surface area (Å²) in [5, 5.41) is 38.0. The Morgan fingerprint density at radius 3 is 2.33 bits per heavy atom. The normalized spacial score (nSPS) is 21.3. The second-order valence-electron chi connectivity index (χ2n) is 5.13. The molecule has 7 nitrogen and oxygen atoms in total. The van der Waals surface area contributed by atoms with Gasteiger partial charge in [0.2, 0.25) is 5.76 Å². The zero-order valence-corrected chi connectivity index (χ0v) is 12.0. The van der Waals surface area contributed by atoms with E-state index in [1.54, 1.807) is 0 Å². The van der Waals surface area contributed by atoms with Gasteiger partial charge in [0.1, 0.15) is 12.2 Å². The van der Waals surface area contributed by atoms with Crippen LogP contribution in [0.5, 0.6) is 0 Å². The first-order valence-corrected chi connectivity index (χ1v) is 7.12. The summed E-state index contributed by atoms with van der Waals surface area (Å²) >= 11 is 0. The number of Topliss-reactive ketones (excluding diaryl/α,β-unsaturated/α-hetero) is 1. The molecule has 120 valence electrons. The number of hydrogen-bond donors (Lipinski definition) is 4. The summed E-state index contributed by atoms with van der Waals surface area (Å²) in [7, 11) is 0. The van der Waals surface area contributed by atoms with Crippen LogP contribution in [0.1, 0.15) is 45.4 Å². The molecule has 4 N–H and O–H groups in total. The van der Waals surface area contributed by atoms with E-state index in [-0.39, 0.29) is 6.42 Å². The minimum absolute atomic E-state index is 0.0963. The fourth-order valence-corrected chi connectivity index (χ4v) is 2.10. The molecule has 0 fully saturated rings. The van der Waals surface area contributed by atoms with Crippen LogP contribution in [0.4, 0.5) is 0 Å². The monoisotopic (exact) mass is 302 g/mol. The molecule has 0 spiro atoms. The third-order valence-corrected chi connectivity index (χ3v) is 3.43. The van der Waals surface area contributed by atoms with Crippen molar-refractivity contribution in [2.45, 2.75) is 63.8 Å². The van der Waals surface area contributed by atoms with Crippen molar-refractivity contribution in [1.29, 1.82) is 0 Å². The fraction of sp³-hybridized carbons (Fsp3) is 0.714. The van der Waals surface area contributed by atoms with Crippen LogP contribution in [0.2, 0.25) is 0 Å². The summed E-state index contributed by atoms with van der Waals surface area (Å²) in [6.45, 7) is 2.07. The summed E-state index contributed by atoms with van der Waals surface area (Å²) < 4.78 is 4.50. The van der Waals surface area contributed by atoms with Gasteiger partial charge in [-0.1, -0.05) is 32.6 Å². The van der Waals surface area contributed by atoms with Crippen molar-refractivity contribution in [3.05, 3.63) is 11.5 Å². The van der Waals surface area contributed by atoms with E-state index in [1.165, 1.54) is 0 Å². The number of unbranched alkanes of at least 4 members (excludes halogenated alkanes) is 4. The van der Waals surface area contributed by atoms with Gasteiger partial charge in [0, 0.05) is 6.42 Å². The highest BCUT2D eigenvalue weighted by Crippen LogP contribution is 2.23. The molecule has 3 atom stereocenters. The number of esters is 1. The van der Waals surface area contributed by atoms with Crippen LogP contribution in [-0.2, 0) is 14.3 Å². The second kappa shape index (κ2) is 7.99. The van der Waals surface area contributed by atoms with E-state index in [2.05, 4.69) is 11.7 Å². The molecule has 1 heterocycles. The molecule has 0 saturated carbocycles. The highest BCUT2D eigenvalue weighted by molar-refractivity contribution is 5.89. The number of aliphatic hydroxyl groups is 4. The van der Waals surface area contributed by atoms with E-state index in [1.807, 2.05) is 0 Å². The van der Waals surface area contributed by atoms with Crippen LogP contribution in [0, 0.1) is 0 Å². The Balaban J connectivity index is 2.45. The van der Waals surface area contributed by atoms with Gasteiger partial charge in [0.15, 0.2) is 17.6 Å². The molecular weight excluding hydrogens is 280 g/mol. The maximum absolute atomic E-state index is 11.7. The van der Waals surface area contributed by atoms with Gasteiger partial charge in [-0.3, -0.25) is 4.79 Å². The molecule has 1 unspecified atom stereocenters. The van der Waals surface area contributed by atoms with Crippen LogP contribution in [0.3, 0.4) is 0 Å². The molecule has 1 aliphatic heterocycles. The number of rotatable bonds is 9. The fourth-order valence-electron chi connectivity index (χ4n) is 2.10.